The lowest BCUT2D eigenvalue weighted by Gasteiger charge is -2.17. The maximum Gasteiger partial charge on any atom is 0.471 e. The Morgan fingerprint density at radius 3 is 2.75 bits per heavy atom. The van der Waals surface area contributed by atoms with Gasteiger partial charge in [-0.05, 0) is 4.92 Å². The van der Waals surface area contributed by atoms with Gasteiger partial charge in [0.1, 0.15) is 18.5 Å². The standard InChI is InChI=1S/C7H11N3O6/c11-3-5(13)6(4-12)16-9-2-1-8-7(9)10(14)15/h1-2,5-6,11-13H,3-4H2. The smallest absolute Gasteiger partial charge is 0.394 e. The van der Waals surface area contributed by atoms with E-state index in [2.05, 4.69) is 4.98 Å². The highest BCUT2D eigenvalue weighted by Gasteiger charge is 2.25. The summed E-state index contributed by atoms with van der Waals surface area (Å²) in [4.78, 5) is 18.0. The van der Waals surface area contributed by atoms with E-state index in [1.54, 1.807) is 0 Å². The Morgan fingerprint density at radius 1 is 1.56 bits per heavy atom. The molecular weight excluding hydrogens is 222 g/mol. The van der Waals surface area contributed by atoms with Gasteiger partial charge in [0, 0.05) is 0 Å². The molecule has 1 heterocycles. The van der Waals surface area contributed by atoms with Crippen molar-refractivity contribution in [3.05, 3.63) is 22.5 Å². The molecule has 0 saturated carbocycles. The van der Waals surface area contributed by atoms with Gasteiger partial charge in [0.25, 0.3) is 0 Å². The third kappa shape index (κ3) is 2.66. The minimum atomic E-state index is -1.34. The van der Waals surface area contributed by atoms with Crippen LogP contribution in [0.25, 0.3) is 0 Å². The van der Waals surface area contributed by atoms with E-state index in [4.69, 9.17) is 15.1 Å². The number of aliphatic hydroxyl groups is 3. The molecule has 0 aliphatic carbocycles. The zero-order chi connectivity index (χ0) is 12.1. The SMILES string of the molecule is O=[N+]([O-])c1nccn1OC(CO)C(O)CO. The van der Waals surface area contributed by atoms with E-state index in [1.807, 2.05) is 0 Å². The van der Waals surface area contributed by atoms with Crippen LogP contribution in [-0.2, 0) is 0 Å². The fourth-order valence-electron chi connectivity index (χ4n) is 0.983. The van der Waals surface area contributed by atoms with Crippen LogP contribution < -0.4 is 4.84 Å². The zero-order valence-electron chi connectivity index (χ0n) is 8.13. The van der Waals surface area contributed by atoms with Gasteiger partial charge in [-0.25, -0.2) is 0 Å². The molecule has 90 valence electrons. The summed E-state index contributed by atoms with van der Waals surface area (Å²) in [6.45, 7) is -1.23. The molecule has 0 spiro atoms. The Kier molecular flexibility index (Phi) is 4.17. The summed E-state index contributed by atoms with van der Waals surface area (Å²) in [6.07, 6.45) is -0.215. The first kappa shape index (κ1) is 12.4. The number of nitrogens with zero attached hydrogens (tertiary/aromatic N) is 3. The summed E-state index contributed by atoms with van der Waals surface area (Å²) in [5.74, 6) is -0.580. The fraction of sp³-hybridized carbons (Fsp3) is 0.571. The Morgan fingerprint density at radius 2 is 2.25 bits per heavy atom. The van der Waals surface area contributed by atoms with Gasteiger partial charge in [0.05, 0.1) is 13.2 Å². The minimum absolute atomic E-state index is 0.580. The third-order valence-electron chi connectivity index (χ3n) is 1.80. The van der Waals surface area contributed by atoms with Crippen LogP contribution in [0.15, 0.2) is 12.4 Å². The van der Waals surface area contributed by atoms with Crippen molar-refractivity contribution >= 4 is 5.95 Å². The highest BCUT2D eigenvalue weighted by molar-refractivity contribution is 5.04. The van der Waals surface area contributed by atoms with Gasteiger partial charge in [-0.15, -0.1) is 0 Å². The van der Waals surface area contributed by atoms with Gasteiger partial charge in [-0.2, -0.15) is 0 Å². The maximum atomic E-state index is 10.5. The Labute approximate surface area is 89.6 Å². The molecule has 2 atom stereocenters. The molecule has 0 radical (unpaired) electrons. The van der Waals surface area contributed by atoms with Crippen molar-refractivity contribution in [1.29, 1.82) is 0 Å². The summed E-state index contributed by atoms with van der Waals surface area (Å²) >= 11 is 0. The van der Waals surface area contributed by atoms with Gasteiger partial charge < -0.3 is 30.3 Å². The third-order valence-corrected chi connectivity index (χ3v) is 1.80. The van der Waals surface area contributed by atoms with E-state index in [-0.39, 0.29) is 0 Å². The van der Waals surface area contributed by atoms with Crippen LogP contribution in [0.2, 0.25) is 0 Å². The van der Waals surface area contributed by atoms with Crippen molar-refractivity contribution in [3.8, 4) is 0 Å². The second-order valence-corrected chi connectivity index (χ2v) is 2.89. The number of nitro groups is 1. The first-order chi connectivity index (χ1) is 7.60. The van der Waals surface area contributed by atoms with Crippen molar-refractivity contribution in [2.45, 2.75) is 12.2 Å². The highest BCUT2D eigenvalue weighted by Crippen LogP contribution is 2.07. The monoisotopic (exact) mass is 233 g/mol. The quantitative estimate of drug-likeness (QED) is 0.380. The summed E-state index contributed by atoms with van der Waals surface area (Å²) < 4.78 is 0.708. The predicted molar refractivity (Wildman–Crippen MR) is 49.4 cm³/mol. The first-order valence-electron chi connectivity index (χ1n) is 4.34. The van der Waals surface area contributed by atoms with Gasteiger partial charge >= 0.3 is 5.95 Å². The van der Waals surface area contributed by atoms with Gasteiger partial charge in [-0.1, -0.05) is 9.71 Å². The molecule has 0 saturated heterocycles. The molecule has 1 aromatic rings. The Balaban J connectivity index is 2.77. The molecule has 2 unspecified atom stereocenters. The second-order valence-electron chi connectivity index (χ2n) is 2.89. The number of imidazole rings is 1. The highest BCUT2D eigenvalue weighted by atomic mass is 16.7. The van der Waals surface area contributed by atoms with Crippen molar-refractivity contribution in [3.63, 3.8) is 0 Å². The van der Waals surface area contributed by atoms with Crippen LogP contribution >= 0.6 is 0 Å². The number of aliphatic hydroxyl groups excluding tert-OH is 3. The van der Waals surface area contributed by atoms with Crippen molar-refractivity contribution in [2.75, 3.05) is 13.2 Å². The van der Waals surface area contributed by atoms with Gasteiger partial charge in [0.2, 0.25) is 0 Å². The average Bonchev–Trinajstić information content (AvgIpc) is 2.72. The Bertz CT molecular complexity index is 354. The van der Waals surface area contributed by atoms with Crippen LogP contribution in [0.1, 0.15) is 0 Å². The molecule has 0 amide bonds. The van der Waals surface area contributed by atoms with Crippen molar-refractivity contribution in [1.82, 2.24) is 9.71 Å². The van der Waals surface area contributed by atoms with Gasteiger partial charge in [0.15, 0.2) is 6.10 Å². The van der Waals surface area contributed by atoms with Crippen molar-refractivity contribution in [2.24, 2.45) is 0 Å². The zero-order valence-corrected chi connectivity index (χ0v) is 8.13. The van der Waals surface area contributed by atoms with E-state index >= 15 is 0 Å². The lowest BCUT2D eigenvalue weighted by Crippen LogP contribution is -2.41. The normalized spacial score (nSPS) is 14.4. The molecule has 16 heavy (non-hydrogen) atoms. The van der Waals surface area contributed by atoms with E-state index in [1.165, 1.54) is 0 Å². The molecule has 0 bridgehead atoms. The molecule has 9 nitrogen and oxygen atoms in total. The topological polar surface area (TPSA) is 131 Å². The number of rotatable bonds is 6. The van der Waals surface area contributed by atoms with E-state index in [0.717, 1.165) is 12.4 Å². The number of hydrogen-bond donors (Lipinski definition) is 3. The average molecular weight is 233 g/mol. The molecule has 0 aromatic carbocycles. The summed E-state index contributed by atoms with van der Waals surface area (Å²) in [7, 11) is 0. The number of aromatic nitrogens is 2. The van der Waals surface area contributed by atoms with Crippen LogP contribution in [0, 0.1) is 10.1 Å². The fourth-order valence-corrected chi connectivity index (χ4v) is 0.983. The molecule has 3 N–H and O–H groups in total. The van der Waals surface area contributed by atoms with Gasteiger partial charge in [-0.3, -0.25) is 0 Å². The molecule has 0 fully saturated rings. The molecule has 1 aromatic heterocycles. The van der Waals surface area contributed by atoms with Crippen molar-refractivity contribution < 1.29 is 25.1 Å². The van der Waals surface area contributed by atoms with E-state index in [9.17, 15) is 15.2 Å². The Hall–Kier alpha value is -1.71. The summed E-state index contributed by atoms with van der Waals surface area (Å²) in [5, 5.41) is 37.2. The molecular formula is C7H11N3O6. The largest absolute Gasteiger partial charge is 0.471 e. The first-order valence-corrected chi connectivity index (χ1v) is 4.34. The maximum absolute atomic E-state index is 10.5. The number of hydrogen-bond acceptors (Lipinski definition) is 7. The summed E-state index contributed by atoms with van der Waals surface area (Å²) in [5.41, 5.74) is 0. The van der Waals surface area contributed by atoms with Crippen LogP contribution in [0.3, 0.4) is 0 Å². The molecule has 1 rings (SSSR count). The molecule has 0 aliphatic heterocycles. The minimum Gasteiger partial charge on any atom is -0.394 e. The molecule has 9 heteroatoms. The van der Waals surface area contributed by atoms with Crippen LogP contribution in [-0.4, -0.2) is 55.4 Å². The van der Waals surface area contributed by atoms with Crippen LogP contribution in [0.4, 0.5) is 5.95 Å². The predicted octanol–water partition coefficient (Wildman–Crippen LogP) is -2.07. The second kappa shape index (κ2) is 5.39. The van der Waals surface area contributed by atoms with E-state index < -0.39 is 36.3 Å². The molecule has 0 aliphatic rings. The van der Waals surface area contributed by atoms with Crippen LogP contribution in [0.5, 0.6) is 0 Å². The summed E-state index contributed by atoms with van der Waals surface area (Å²) in [6, 6.07) is 0. The van der Waals surface area contributed by atoms with E-state index in [0.29, 0.717) is 4.73 Å². The lowest BCUT2D eigenvalue weighted by molar-refractivity contribution is -0.402. The lowest BCUT2D eigenvalue weighted by atomic mass is 10.2.